The molecule has 0 heterocycles. The van der Waals surface area contributed by atoms with E-state index >= 15 is 0 Å². The van der Waals surface area contributed by atoms with Crippen molar-refractivity contribution in [3.63, 3.8) is 0 Å². The SMILES string of the molecule is COCC(N)CN(C)C(=O)c1cccc(C)c1F. The summed E-state index contributed by atoms with van der Waals surface area (Å²) < 4.78 is 18.7. The third kappa shape index (κ3) is 3.51. The van der Waals surface area contributed by atoms with Gasteiger partial charge in [-0.3, -0.25) is 4.79 Å². The second-order valence-corrected chi connectivity index (χ2v) is 4.34. The predicted octanol–water partition coefficient (Wildman–Crippen LogP) is 1.18. The number of ether oxygens (including phenoxy) is 1. The van der Waals surface area contributed by atoms with Gasteiger partial charge in [0.15, 0.2) is 0 Å². The molecule has 1 atom stereocenters. The van der Waals surface area contributed by atoms with Crippen molar-refractivity contribution in [1.29, 1.82) is 0 Å². The molecule has 2 N–H and O–H groups in total. The molecule has 1 rings (SSSR count). The maximum atomic E-state index is 13.8. The first kappa shape index (κ1) is 14.6. The molecule has 1 aromatic carbocycles. The van der Waals surface area contributed by atoms with Crippen molar-refractivity contribution in [2.24, 2.45) is 5.73 Å². The standard InChI is InChI=1S/C13H19FN2O2/c1-9-5-4-6-11(12(9)14)13(17)16(2)7-10(15)8-18-3/h4-6,10H,7-8,15H2,1-3H3. The van der Waals surface area contributed by atoms with Gasteiger partial charge in [0.25, 0.3) is 5.91 Å². The maximum Gasteiger partial charge on any atom is 0.256 e. The number of rotatable bonds is 5. The Morgan fingerprint density at radius 3 is 2.83 bits per heavy atom. The van der Waals surface area contributed by atoms with Crippen LogP contribution in [0.15, 0.2) is 18.2 Å². The second kappa shape index (κ2) is 6.47. The van der Waals surface area contributed by atoms with Crippen LogP contribution < -0.4 is 5.73 Å². The number of carbonyl (C=O) groups excluding carboxylic acids is 1. The first-order valence-corrected chi connectivity index (χ1v) is 5.72. The number of amides is 1. The molecular formula is C13H19FN2O2. The Labute approximate surface area is 107 Å². The van der Waals surface area contributed by atoms with Crippen LogP contribution in [0.25, 0.3) is 0 Å². The molecule has 0 radical (unpaired) electrons. The van der Waals surface area contributed by atoms with Crippen molar-refractivity contribution in [2.75, 3.05) is 27.3 Å². The van der Waals surface area contributed by atoms with E-state index in [1.807, 2.05) is 0 Å². The highest BCUT2D eigenvalue weighted by Crippen LogP contribution is 2.13. The number of aryl methyl sites for hydroxylation is 1. The number of halogens is 1. The fraction of sp³-hybridized carbons (Fsp3) is 0.462. The van der Waals surface area contributed by atoms with E-state index in [9.17, 15) is 9.18 Å². The highest BCUT2D eigenvalue weighted by Gasteiger charge is 2.18. The molecule has 0 aliphatic heterocycles. The van der Waals surface area contributed by atoms with Crippen LogP contribution in [-0.4, -0.2) is 44.2 Å². The van der Waals surface area contributed by atoms with Gasteiger partial charge in [0, 0.05) is 26.7 Å². The van der Waals surface area contributed by atoms with Crippen molar-refractivity contribution < 1.29 is 13.9 Å². The summed E-state index contributed by atoms with van der Waals surface area (Å²) in [5.41, 5.74) is 6.28. The van der Waals surface area contributed by atoms with Gasteiger partial charge in [-0.2, -0.15) is 0 Å². The van der Waals surface area contributed by atoms with Gasteiger partial charge in [-0.1, -0.05) is 12.1 Å². The summed E-state index contributed by atoms with van der Waals surface area (Å²) in [6.45, 7) is 2.30. The third-order valence-electron chi connectivity index (χ3n) is 2.66. The van der Waals surface area contributed by atoms with E-state index in [0.717, 1.165) is 0 Å². The number of hydrogen-bond acceptors (Lipinski definition) is 3. The summed E-state index contributed by atoms with van der Waals surface area (Å²) in [6, 6.07) is 4.48. The molecule has 0 bridgehead atoms. The average Bonchev–Trinajstić information content (AvgIpc) is 2.32. The van der Waals surface area contributed by atoms with Gasteiger partial charge < -0.3 is 15.4 Å². The van der Waals surface area contributed by atoms with Crippen LogP contribution in [0.5, 0.6) is 0 Å². The van der Waals surface area contributed by atoms with Gasteiger partial charge in [-0.05, 0) is 18.6 Å². The predicted molar refractivity (Wildman–Crippen MR) is 67.9 cm³/mol. The summed E-state index contributed by atoms with van der Waals surface area (Å²) in [6.07, 6.45) is 0. The number of nitrogens with zero attached hydrogens (tertiary/aromatic N) is 1. The number of benzene rings is 1. The normalized spacial score (nSPS) is 12.3. The summed E-state index contributed by atoms with van der Waals surface area (Å²) in [4.78, 5) is 13.5. The number of likely N-dealkylation sites (N-methyl/N-ethyl adjacent to an activating group) is 1. The molecule has 100 valence electrons. The van der Waals surface area contributed by atoms with Crippen LogP contribution in [0.2, 0.25) is 0 Å². The van der Waals surface area contributed by atoms with Crippen molar-refractivity contribution >= 4 is 5.91 Å². The molecule has 5 heteroatoms. The Bertz CT molecular complexity index is 423. The zero-order chi connectivity index (χ0) is 13.7. The molecule has 0 spiro atoms. The van der Waals surface area contributed by atoms with E-state index in [1.165, 1.54) is 11.0 Å². The molecule has 18 heavy (non-hydrogen) atoms. The van der Waals surface area contributed by atoms with E-state index in [2.05, 4.69) is 0 Å². The van der Waals surface area contributed by atoms with E-state index in [1.54, 1.807) is 33.2 Å². The highest BCUT2D eigenvalue weighted by atomic mass is 19.1. The molecule has 4 nitrogen and oxygen atoms in total. The lowest BCUT2D eigenvalue weighted by Gasteiger charge is -2.21. The largest absolute Gasteiger partial charge is 0.383 e. The highest BCUT2D eigenvalue weighted by molar-refractivity contribution is 5.94. The van der Waals surface area contributed by atoms with E-state index in [0.29, 0.717) is 18.7 Å². The van der Waals surface area contributed by atoms with Crippen LogP contribution in [0.4, 0.5) is 4.39 Å². The molecule has 0 fully saturated rings. The first-order chi connectivity index (χ1) is 8.47. The Morgan fingerprint density at radius 1 is 1.56 bits per heavy atom. The minimum Gasteiger partial charge on any atom is -0.383 e. The zero-order valence-corrected chi connectivity index (χ0v) is 10.9. The number of methoxy groups -OCH3 is 1. The van der Waals surface area contributed by atoms with Crippen molar-refractivity contribution in [3.05, 3.63) is 35.1 Å². The summed E-state index contributed by atoms with van der Waals surface area (Å²) >= 11 is 0. The lowest BCUT2D eigenvalue weighted by Crippen LogP contribution is -2.41. The Hall–Kier alpha value is -1.46. The second-order valence-electron chi connectivity index (χ2n) is 4.34. The zero-order valence-electron chi connectivity index (χ0n) is 10.9. The Balaban J connectivity index is 2.77. The van der Waals surface area contributed by atoms with Crippen LogP contribution in [0, 0.1) is 12.7 Å². The molecule has 0 aromatic heterocycles. The molecular weight excluding hydrogens is 235 g/mol. The van der Waals surface area contributed by atoms with Crippen LogP contribution in [0.1, 0.15) is 15.9 Å². The van der Waals surface area contributed by atoms with E-state index in [-0.39, 0.29) is 17.5 Å². The van der Waals surface area contributed by atoms with E-state index in [4.69, 9.17) is 10.5 Å². The van der Waals surface area contributed by atoms with Crippen LogP contribution in [0.3, 0.4) is 0 Å². The summed E-state index contributed by atoms with van der Waals surface area (Å²) in [5.74, 6) is -0.850. The van der Waals surface area contributed by atoms with Crippen LogP contribution in [-0.2, 0) is 4.74 Å². The van der Waals surface area contributed by atoms with Gasteiger partial charge in [0.05, 0.1) is 12.2 Å². The van der Waals surface area contributed by atoms with Crippen molar-refractivity contribution in [2.45, 2.75) is 13.0 Å². The minimum atomic E-state index is -0.477. The van der Waals surface area contributed by atoms with Gasteiger partial charge in [-0.25, -0.2) is 4.39 Å². The fourth-order valence-electron chi connectivity index (χ4n) is 1.72. The monoisotopic (exact) mass is 254 g/mol. The molecule has 0 saturated carbocycles. The fourth-order valence-corrected chi connectivity index (χ4v) is 1.72. The molecule has 1 aromatic rings. The minimum absolute atomic E-state index is 0.0714. The molecule has 0 saturated heterocycles. The van der Waals surface area contributed by atoms with Gasteiger partial charge >= 0.3 is 0 Å². The smallest absolute Gasteiger partial charge is 0.256 e. The maximum absolute atomic E-state index is 13.8. The summed E-state index contributed by atoms with van der Waals surface area (Å²) in [7, 11) is 3.14. The Morgan fingerprint density at radius 2 is 2.22 bits per heavy atom. The van der Waals surface area contributed by atoms with Gasteiger partial charge in [-0.15, -0.1) is 0 Å². The van der Waals surface area contributed by atoms with Gasteiger partial charge in [0.2, 0.25) is 0 Å². The average molecular weight is 254 g/mol. The summed E-state index contributed by atoms with van der Waals surface area (Å²) in [5, 5.41) is 0. The number of nitrogens with two attached hydrogens (primary N) is 1. The van der Waals surface area contributed by atoms with Crippen molar-refractivity contribution in [3.8, 4) is 0 Å². The number of carbonyl (C=O) groups is 1. The number of hydrogen-bond donors (Lipinski definition) is 1. The lowest BCUT2D eigenvalue weighted by atomic mass is 10.1. The van der Waals surface area contributed by atoms with Crippen LogP contribution >= 0.6 is 0 Å². The van der Waals surface area contributed by atoms with Crippen molar-refractivity contribution in [1.82, 2.24) is 4.90 Å². The molecule has 1 amide bonds. The topological polar surface area (TPSA) is 55.6 Å². The Kier molecular flexibility index (Phi) is 5.25. The first-order valence-electron chi connectivity index (χ1n) is 5.72. The third-order valence-corrected chi connectivity index (χ3v) is 2.66. The lowest BCUT2D eigenvalue weighted by molar-refractivity contribution is 0.0760. The molecule has 1 unspecified atom stereocenters. The molecule has 0 aliphatic carbocycles. The van der Waals surface area contributed by atoms with E-state index < -0.39 is 5.82 Å². The van der Waals surface area contributed by atoms with Gasteiger partial charge in [0.1, 0.15) is 5.82 Å². The molecule has 0 aliphatic rings. The quantitative estimate of drug-likeness (QED) is 0.858.